The monoisotopic (exact) mass is 684 g/mol. The predicted molar refractivity (Wildman–Crippen MR) is 174 cm³/mol. The number of rotatable bonds is 13. The number of hydrogen-bond acceptors (Lipinski definition) is 6. The molecular weight excluding hydrogens is 645 g/mol. The van der Waals surface area contributed by atoms with E-state index in [0.717, 1.165) is 42.5 Å². The highest BCUT2D eigenvalue weighted by atomic mass is 32.2. The summed E-state index contributed by atoms with van der Waals surface area (Å²) >= 11 is 0. The Kier molecular flexibility index (Phi) is 10.5. The van der Waals surface area contributed by atoms with E-state index in [4.69, 9.17) is 9.47 Å². The molecule has 256 valence electrons. The Labute approximate surface area is 278 Å². The summed E-state index contributed by atoms with van der Waals surface area (Å²) in [6, 6.07) is 17.6. The van der Waals surface area contributed by atoms with Crippen LogP contribution in [0, 0.1) is 18.8 Å². The van der Waals surface area contributed by atoms with Crippen LogP contribution in [-0.2, 0) is 46.8 Å². The summed E-state index contributed by atoms with van der Waals surface area (Å²) in [4.78, 5) is 11.6. The summed E-state index contributed by atoms with van der Waals surface area (Å²) in [5, 5.41) is 11.8. The molecule has 0 saturated heterocycles. The second-order valence-electron chi connectivity index (χ2n) is 12.3. The van der Waals surface area contributed by atoms with Gasteiger partial charge in [0.2, 0.25) is 5.91 Å². The van der Waals surface area contributed by atoms with Gasteiger partial charge in [0.25, 0.3) is 10.0 Å². The molecule has 2 N–H and O–H groups in total. The summed E-state index contributed by atoms with van der Waals surface area (Å²) in [6.45, 7) is 2.35. The van der Waals surface area contributed by atoms with Crippen LogP contribution in [0.15, 0.2) is 84.0 Å². The Balaban J connectivity index is 1.29. The standard InChI is InChI=1S/C36H39F3N2O6S/c1-23-31(46-2)19-28(20-32(23)47-3)35(43)29(18-25-16-26-8-4-5-9-27(26)17-25)22-41-15-14-24(21-41)12-13-34(42)40-48(44,45)33-11-7-6-10-30(33)36(37,38)39/h4-11,14-15,19-21,25,29,35,43H,12-13,16-18,22H2,1-3H3,(H,40,42)/t29-,35+/m0/s1. The zero-order chi connectivity index (χ0) is 34.6. The van der Waals surface area contributed by atoms with Gasteiger partial charge < -0.3 is 19.1 Å². The highest BCUT2D eigenvalue weighted by molar-refractivity contribution is 7.90. The molecule has 0 unspecified atom stereocenters. The third-order valence-electron chi connectivity index (χ3n) is 8.96. The lowest BCUT2D eigenvalue weighted by Crippen LogP contribution is -2.32. The molecule has 4 aromatic rings. The molecule has 2 atom stereocenters. The van der Waals surface area contributed by atoms with Crippen molar-refractivity contribution < 1.29 is 41.0 Å². The van der Waals surface area contributed by atoms with Gasteiger partial charge in [0.15, 0.2) is 0 Å². The number of methoxy groups -OCH3 is 2. The molecule has 3 aromatic carbocycles. The van der Waals surface area contributed by atoms with Crippen LogP contribution in [0.25, 0.3) is 0 Å². The van der Waals surface area contributed by atoms with E-state index in [1.165, 1.54) is 17.2 Å². The van der Waals surface area contributed by atoms with Crippen molar-refractivity contribution in [1.82, 2.24) is 9.29 Å². The number of sulfonamides is 1. The number of halogens is 3. The minimum Gasteiger partial charge on any atom is -0.496 e. The minimum absolute atomic E-state index is 0.160. The first-order valence-corrected chi connectivity index (χ1v) is 17.1. The van der Waals surface area contributed by atoms with E-state index in [0.29, 0.717) is 35.6 Å². The Morgan fingerprint density at radius 1 is 1.00 bits per heavy atom. The number of alkyl halides is 3. The fourth-order valence-corrected chi connectivity index (χ4v) is 7.81. The third kappa shape index (κ3) is 8.04. The number of fused-ring (bicyclic) bond motifs is 1. The van der Waals surface area contributed by atoms with E-state index in [2.05, 4.69) is 12.1 Å². The lowest BCUT2D eigenvalue weighted by molar-refractivity contribution is -0.140. The molecule has 0 radical (unpaired) electrons. The Morgan fingerprint density at radius 2 is 1.60 bits per heavy atom. The van der Waals surface area contributed by atoms with Crippen LogP contribution < -0.4 is 14.2 Å². The number of nitrogens with zero attached hydrogens (tertiary/aromatic N) is 1. The van der Waals surface area contributed by atoms with Crippen molar-refractivity contribution >= 4 is 15.9 Å². The first-order valence-electron chi connectivity index (χ1n) is 15.6. The van der Waals surface area contributed by atoms with Crippen LogP contribution in [0.2, 0.25) is 0 Å². The topological polar surface area (TPSA) is 107 Å². The number of hydrogen-bond donors (Lipinski definition) is 2. The molecule has 0 spiro atoms. The third-order valence-corrected chi connectivity index (χ3v) is 10.4. The van der Waals surface area contributed by atoms with Crippen LogP contribution in [0.3, 0.4) is 0 Å². The van der Waals surface area contributed by atoms with Gasteiger partial charge >= 0.3 is 6.18 Å². The molecule has 0 bridgehead atoms. The number of aliphatic hydroxyl groups excluding tert-OH is 1. The van der Waals surface area contributed by atoms with Crippen molar-refractivity contribution in [3.63, 3.8) is 0 Å². The molecule has 1 aliphatic carbocycles. The van der Waals surface area contributed by atoms with Gasteiger partial charge in [0.05, 0.1) is 30.8 Å². The molecule has 1 amide bonds. The average Bonchev–Trinajstić information content (AvgIpc) is 3.69. The maximum absolute atomic E-state index is 13.4. The lowest BCUT2D eigenvalue weighted by atomic mass is 9.85. The van der Waals surface area contributed by atoms with Gasteiger partial charge in [-0.2, -0.15) is 13.2 Å². The maximum Gasteiger partial charge on any atom is 0.417 e. The van der Waals surface area contributed by atoms with E-state index < -0.39 is 38.7 Å². The number of aliphatic hydroxyl groups is 1. The molecule has 1 aromatic heterocycles. The number of aryl methyl sites for hydroxylation is 1. The van der Waals surface area contributed by atoms with Crippen molar-refractivity contribution in [2.45, 2.75) is 62.7 Å². The SMILES string of the molecule is COc1cc([C@@H](O)[C@@H](CC2Cc3ccccc3C2)Cn2ccc(CCC(=O)NS(=O)(=O)c3ccccc3C(F)(F)F)c2)cc(OC)c1C. The average molecular weight is 685 g/mol. The number of amides is 1. The van der Waals surface area contributed by atoms with Gasteiger partial charge in [-0.15, -0.1) is 0 Å². The summed E-state index contributed by atoms with van der Waals surface area (Å²) in [5.41, 5.74) is 3.53. The van der Waals surface area contributed by atoms with E-state index in [-0.39, 0.29) is 18.8 Å². The van der Waals surface area contributed by atoms with Crippen molar-refractivity contribution in [3.8, 4) is 11.5 Å². The number of carbonyl (C=O) groups is 1. The first-order chi connectivity index (χ1) is 22.8. The van der Waals surface area contributed by atoms with E-state index in [1.807, 2.05) is 48.1 Å². The summed E-state index contributed by atoms with van der Waals surface area (Å²) in [5.74, 6) is 0.432. The molecule has 1 heterocycles. The van der Waals surface area contributed by atoms with Gasteiger partial charge in [0.1, 0.15) is 11.5 Å². The van der Waals surface area contributed by atoms with Gasteiger partial charge in [-0.25, -0.2) is 13.1 Å². The summed E-state index contributed by atoms with van der Waals surface area (Å²) in [6.07, 6.45) is 0.398. The van der Waals surface area contributed by atoms with Crippen molar-refractivity contribution in [3.05, 3.63) is 113 Å². The maximum atomic E-state index is 13.4. The van der Waals surface area contributed by atoms with Crippen LogP contribution in [-0.4, -0.2) is 38.2 Å². The minimum atomic E-state index is -4.90. The molecule has 48 heavy (non-hydrogen) atoms. The quantitative estimate of drug-likeness (QED) is 0.168. The highest BCUT2D eigenvalue weighted by Crippen LogP contribution is 2.39. The highest BCUT2D eigenvalue weighted by Gasteiger charge is 2.37. The summed E-state index contributed by atoms with van der Waals surface area (Å²) in [7, 11) is -1.59. The van der Waals surface area contributed by atoms with E-state index in [1.54, 1.807) is 25.0 Å². The number of benzene rings is 3. The van der Waals surface area contributed by atoms with Gasteiger partial charge in [-0.1, -0.05) is 36.4 Å². The van der Waals surface area contributed by atoms with Gasteiger partial charge in [0, 0.05) is 36.8 Å². The predicted octanol–water partition coefficient (Wildman–Crippen LogP) is 6.43. The molecular formula is C36H39F3N2O6S. The fourth-order valence-electron chi connectivity index (χ4n) is 6.57. The smallest absolute Gasteiger partial charge is 0.417 e. The summed E-state index contributed by atoms with van der Waals surface area (Å²) < 4.78 is 80.3. The molecule has 1 aliphatic rings. The second kappa shape index (κ2) is 14.4. The zero-order valence-electron chi connectivity index (χ0n) is 27.0. The number of nitrogens with one attached hydrogen (secondary N) is 1. The van der Waals surface area contributed by atoms with E-state index in [9.17, 15) is 31.5 Å². The number of ether oxygens (including phenoxy) is 2. The molecule has 0 fully saturated rings. The Bertz CT molecular complexity index is 1820. The molecule has 0 aliphatic heterocycles. The fraction of sp³-hybridized carbons (Fsp3) is 0.361. The van der Waals surface area contributed by atoms with Crippen molar-refractivity contribution in [1.29, 1.82) is 0 Å². The number of aromatic nitrogens is 1. The molecule has 8 nitrogen and oxygen atoms in total. The molecule has 5 rings (SSSR count). The van der Waals surface area contributed by atoms with Crippen LogP contribution >= 0.6 is 0 Å². The first kappa shape index (κ1) is 35.0. The van der Waals surface area contributed by atoms with Gasteiger partial charge in [-0.3, -0.25) is 4.79 Å². The molecule has 0 saturated carbocycles. The normalized spacial score (nSPS) is 14.7. The largest absolute Gasteiger partial charge is 0.496 e. The Morgan fingerprint density at radius 3 is 2.21 bits per heavy atom. The Hall–Kier alpha value is -4.29. The van der Waals surface area contributed by atoms with E-state index >= 15 is 0 Å². The van der Waals surface area contributed by atoms with Crippen LogP contribution in [0.1, 0.15) is 52.3 Å². The number of carbonyl (C=O) groups excluding carboxylic acids is 1. The molecule has 12 heteroatoms. The van der Waals surface area contributed by atoms with Crippen molar-refractivity contribution in [2.24, 2.45) is 11.8 Å². The van der Waals surface area contributed by atoms with Crippen LogP contribution in [0.4, 0.5) is 13.2 Å². The van der Waals surface area contributed by atoms with Crippen molar-refractivity contribution in [2.75, 3.05) is 14.2 Å². The van der Waals surface area contributed by atoms with Crippen LogP contribution in [0.5, 0.6) is 11.5 Å². The lowest BCUT2D eigenvalue weighted by Gasteiger charge is -2.27. The zero-order valence-corrected chi connectivity index (χ0v) is 27.8. The van der Waals surface area contributed by atoms with Gasteiger partial charge in [-0.05, 0) is 91.1 Å². The second-order valence-corrected chi connectivity index (χ2v) is 13.9.